The van der Waals surface area contributed by atoms with E-state index < -0.39 is 0 Å². The molecule has 2 N–H and O–H groups in total. The van der Waals surface area contributed by atoms with Crippen molar-refractivity contribution in [2.45, 2.75) is 32.7 Å². The highest BCUT2D eigenvalue weighted by Gasteiger charge is 2.26. The van der Waals surface area contributed by atoms with Gasteiger partial charge < -0.3 is 10.6 Å². The smallest absolute Gasteiger partial charge is 0.238 e. The van der Waals surface area contributed by atoms with E-state index in [0.29, 0.717) is 6.54 Å². The van der Waals surface area contributed by atoms with Crippen molar-refractivity contribution in [3.8, 4) is 0 Å². The van der Waals surface area contributed by atoms with Gasteiger partial charge in [0.05, 0.1) is 6.54 Å². The summed E-state index contributed by atoms with van der Waals surface area (Å²) >= 11 is 6.17. The van der Waals surface area contributed by atoms with Gasteiger partial charge in [-0.05, 0) is 41.7 Å². The third kappa shape index (κ3) is 4.89. The molecule has 1 aliphatic rings. The van der Waals surface area contributed by atoms with Gasteiger partial charge in [0.15, 0.2) is 0 Å². The number of hydrogen-bond donors (Lipinski definition) is 2. The molecule has 27 heavy (non-hydrogen) atoms. The molecule has 0 spiro atoms. The van der Waals surface area contributed by atoms with Crippen LogP contribution in [0.3, 0.4) is 0 Å². The predicted molar refractivity (Wildman–Crippen MR) is 112 cm³/mol. The van der Waals surface area contributed by atoms with E-state index in [4.69, 9.17) is 11.6 Å². The summed E-state index contributed by atoms with van der Waals surface area (Å²) < 4.78 is 0. The van der Waals surface area contributed by atoms with Crippen LogP contribution in [0.15, 0.2) is 42.5 Å². The van der Waals surface area contributed by atoms with E-state index in [2.05, 4.69) is 53.6 Å². The van der Waals surface area contributed by atoms with Gasteiger partial charge in [-0.15, -0.1) is 0 Å². The van der Waals surface area contributed by atoms with Crippen LogP contribution in [-0.4, -0.2) is 37.0 Å². The van der Waals surface area contributed by atoms with Crippen molar-refractivity contribution in [3.63, 3.8) is 0 Å². The van der Waals surface area contributed by atoms with Crippen LogP contribution in [0.2, 0.25) is 5.02 Å². The van der Waals surface area contributed by atoms with Crippen molar-refractivity contribution in [2.75, 3.05) is 31.5 Å². The molecule has 1 heterocycles. The summed E-state index contributed by atoms with van der Waals surface area (Å²) in [6.45, 7) is 7.15. The quantitative estimate of drug-likeness (QED) is 0.788. The van der Waals surface area contributed by atoms with Gasteiger partial charge in [-0.25, -0.2) is 0 Å². The lowest BCUT2D eigenvalue weighted by molar-refractivity contribution is -0.118. The Labute approximate surface area is 166 Å². The average Bonchev–Trinajstić information content (AvgIpc) is 2.68. The van der Waals surface area contributed by atoms with Crippen molar-refractivity contribution in [1.29, 1.82) is 0 Å². The number of nitrogens with one attached hydrogen (secondary N) is 2. The lowest BCUT2D eigenvalue weighted by atomic mass is 10.0. The Hall–Kier alpha value is -1.88. The number of halogens is 1. The van der Waals surface area contributed by atoms with E-state index in [1.54, 1.807) is 0 Å². The zero-order valence-corrected chi connectivity index (χ0v) is 16.9. The molecule has 5 heteroatoms. The molecule has 1 saturated heterocycles. The maximum atomic E-state index is 12.9. The average molecular weight is 386 g/mol. The number of amides is 1. The summed E-state index contributed by atoms with van der Waals surface area (Å²) in [5.41, 5.74) is 4.51. The molecule has 2 aromatic rings. The number of hydrogen-bond acceptors (Lipinski definition) is 3. The maximum Gasteiger partial charge on any atom is 0.238 e. The minimum atomic E-state index is 0.0412. The molecule has 1 aliphatic heterocycles. The van der Waals surface area contributed by atoms with Crippen molar-refractivity contribution >= 4 is 23.2 Å². The molecular formula is C22H28ClN3O. The van der Waals surface area contributed by atoms with Gasteiger partial charge in [0.1, 0.15) is 0 Å². The number of rotatable bonds is 6. The molecule has 0 aliphatic carbocycles. The summed E-state index contributed by atoms with van der Waals surface area (Å²) in [4.78, 5) is 15.1. The second-order valence-corrected chi connectivity index (χ2v) is 7.39. The Morgan fingerprint density at radius 2 is 1.89 bits per heavy atom. The number of piperazine rings is 1. The Bertz CT molecular complexity index is 771. The van der Waals surface area contributed by atoms with Crippen LogP contribution in [0.4, 0.5) is 5.69 Å². The molecule has 1 fully saturated rings. The van der Waals surface area contributed by atoms with E-state index in [-0.39, 0.29) is 11.9 Å². The number of benzene rings is 2. The Kier molecular flexibility index (Phi) is 6.89. The number of carbonyl (C=O) groups excluding carboxylic acids is 1. The normalized spacial score (nSPS) is 17.7. The van der Waals surface area contributed by atoms with E-state index in [1.165, 1.54) is 11.1 Å². The van der Waals surface area contributed by atoms with Crippen LogP contribution in [0.5, 0.6) is 0 Å². The van der Waals surface area contributed by atoms with Crippen LogP contribution in [-0.2, 0) is 17.6 Å². The van der Waals surface area contributed by atoms with Crippen molar-refractivity contribution in [2.24, 2.45) is 0 Å². The Morgan fingerprint density at radius 3 is 2.56 bits per heavy atom. The zero-order chi connectivity index (χ0) is 19.2. The first kappa shape index (κ1) is 19.9. The monoisotopic (exact) mass is 385 g/mol. The summed E-state index contributed by atoms with van der Waals surface area (Å²) in [7, 11) is 0. The fourth-order valence-corrected chi connectivity index (χ4v) is 3.94. The first-order valence-corrected chi connectivity index (χ1v) is 10.1. The highest BCUT2D eigenvalue weighted by molar-refractivity contribution is 6.30. The van der Waals surface area contributed by atoms with Crippen LogP contribution >= 0.6 is 11.6 Å². The highest BCUT2D eigenvalue weighted by Crippen LogP contribution is 2.26. The van der Waals surface area contributed by atoms with Crippen molar-refractivity contribution in [1.82, 2.24) is 10.2 Å². The third-order valence-corrected chi connectivity index (χ3v) is 5.43. The standard InChI is InChI=1S/C22H28ClN3O/c1-3-16-7-5-8-17(4-2)22(16)25-21(27)15-26-12-11-24-14-20(26)18-9-6-10-19(23)13-18/h5-10,13,20,24H,3-4,11-12,14-15H2,1-2H3,(H,25,27). The maximum absolute atomic E-state index is 12.9. The zero-order valence-electron chi connectivity index (χ0n) is 16.1. The second-order valence-electron chi connectivity index (χ2n) is 6.95. The van der Waals surface area contributed by atoms with E-state index in [0.717, 1.165) is 48.7 Å². The molecule has 1 unspecified atom stereocenters. The van der Waals surface area contributed by atoms with Gasteiger partial charge in [0, 0.05) is 36.4 Å². The third-order valence-electron chi connectivity index (χ3n) is 5.20. The molecule has 1 atom stereocenters. The number of nitrogens with zero attached hydrogens (tertiary/aromatic N) is 1. The van der Waals surface area contributed by atoms with Gasteiger partial charge in [0.25, 0.3) is 0 Å². The highest BCUT2D eigenvalue weighted by atomic mass is 35.5. The largest absolute Gasteiger partial charge is 0.324 e. The lowest BCUT2D eigenvalue weighted by Crippen LogP contribution is -2.48. The summed E-state index contributed by atoms with van der Waals surface area (Å²) in [6.07, 6.45) is 1.81. The van der Waals surface area contributed by atoms with E-state index in [9.17, 15) is 4.79 Å². The number of carbonyl (C=O) groups is 1. The van der Waals surface area contributed by atoms with Gasteiger partial charge in [-0.3, -0.25) is 9.69 Å². The van der Waals surface area contributed by atoms with Gasteiger partial charge in [0.2, 0.25) is 5.91 Å². The summed E-state index contributed by atoms with van der Waals surface area (Å²) in [6, 6.07) is 14.3. The summed E-state index contributed by atoms with van der Waals surface area (Å²) in [5, 5.41) is 7.34. The molecule has 4 nitrogen and oxygen atoms in total. The Morgan fingerprint density at radius 1 is 1.19 bits per heavy atom. The topological polar surface area (TPSA) is 44.4 Å². The number of aryl methyl sites for hydroxylation is 2. The SMILES string of the molecule is CCc1cccc(CC)c1NC(=O)CN1CCNCC1c1cccc(Cl)c1. The molecule has 0 saturated carbocycles. The van der Waals surface area contributed by atoms with Crippen LogP contribution in [0.1, 0.15) is 36.6 Å². The predicted octanol–water partition coefficient (Wildman–Crippen LogP) is 4.05. The number of anilines is 1. The molecule has 2 aromatic carbocycles. The molecule has 0 bridgehead atoms. The number of para-hydroxylation sites is 1. The fraction of sp³-hybridized carbons (Fsp3) is 0.409. The molecule has 1 amide bonds. The Balaban J connectivity index is 1.74. The molecular weight excluding hydrogens is 358 g/mol. The first-order valence-electron chi connectivity index (χ1n) is 9.73. The van der Waals surface area contributed by atoms with Gasteiger partial charge >= 0.3 is 0 Å². The first-order chi connectivity index (χ1) is 13.1. The molecule has 144 valence electrons. The van der Waals surface area contributed by atoms with Crippen molar-refractivity contribution in [3.05, 3.63) is 64.2 Å². The molecule has 3 rings (SSSR count). The second kappa shape index (κ2) is 9.36. The lowest BCUT2D eigenvalue weighted by Gasteiger charge is -2.36. The minimum Gasteiger partial charge on any atom is -0.324 e. The van der Waals surface area contributed by atoms with Gasteiger partial charge in [-0.2, -0.15) is 0 Å². The van der Waals surface area contributed by atoms with Gasteiger partial charge in [-0.1, -0.05) is 55.8 Å². The fourth-order valence-electron chi connectivity index (χ4n) is 3.74. The van der Waals surface area contributed by atoms with E-state index in [1.807, 2.05) is 18.2 Å². The van der Waals surface area contributed by atoms with E-state index >= 15 is 0 Å². The van der Waals surface area contributed by atoms with Crippen LogP contribution < -0.4 is 10.6 Å². The minimum absolute atomic E-state index is 0.0412. The van der Waals surface area contributed by atoms with Crippen LogP contribution in [0.25, 0.3) is 0 Å². The van der Waals surface area contributed by atoms with Crippen LogP contribution in [0, 0.1) is 0 Å². The molecule has 0 radical (unpaired) electrons. The van der Waals surface area contributed by atoms with Crippen molar-refractivity contribution < 1.29 is 4.79 Å². The molecule has 0 aromatic heterocycles. The summed E-state index contributed by atoms with van der Waals surface area (Å²) in [5.74, 6) is 0.0412.